The van der Waals surface area contributed by atoms with Gasteiger partial charge in [0.25, 0.3) is 0 Å². The third kappa shape index (κ3) is 2.82. The zero-order valence-electron chi connectivity index (χ0n) is 11.0. The summed E-state index contributed by atoms with van der Waals surface area (Å²) in [5, 5.41) is 9.97. The molecule has 1 aromatic heterocycles. The molecule has 0 aliphatic heterocycles. The first-order valence-electron chi connectivity index (χ1n) is 6.25. The second-order valence-electron chi connectivity index (χ2n) is 4.45. The Morgan fingerprint density at radius 3 is 2.82 bits per heavy atom. The first-order valence-corrected chi connectivity index (χ1v) is 8.39. The summed E-state index contributed by atoms with van der Waals surface area (Å²) in [6.07, 6.45) is 0. The van der Waals surface area contributed by atoms with E-state index >= 15 is 0 Å². The van der Waals surface area contributed by atoms with Gasteiger partial charge in [0.15, 0.2) is 0 Å². The van der Waals surface area contributed by atoms with Gasteiger partial charge in [-0.2, -0.15) is 4.37 Å². The molecule has 1 heterocycles. The molecule has 0 atom stereocenters. The molecule has 3 aromatic rings. The van der Waals surface area contributed by atoms with E-state index in [2.05, 4.69) is 4.37 Å². The van der Waals surface area contributed by atoms with Gasteiger partial charge in [-0.05, 0) is 29.7 Å². The largest absolute Gasteiger partial charge is 0.481 e. The van der Waals surface area contributed by atoms with E-state index in [1.807, 2.05) is 0 Å². The number of fused-ring (bicyclic) bond motifs is 1. The fourth-order valence-electron chi connectivity index (χ4n) is 2.05. The molecule has 0 aliphatic rings. The maximum atomic E-state index is 13.9. The maximum Gasteiger partial charge on any atom is 0.313 e. The van der Waals surface area contributed by atoms with Crippen LogP contribution in [0, 0.1) is 5.82 Å². The summed E-state index contributed by atoms with van der Waals surface area (Å²) in [7, 11) is 0. The minimum atomic E-state index is -0.905. The Morgan fingerprint density at radius 1 is 1.32 bits per heavy atom. The number of aliphatic carboxylic acids is 1. The summed E-state index contributed by atoms with van der Waals surface area (Å²) >= 11 is 8.66. The van der Waals surface area contributed by atoms with E-state index in [1.54, 1.807) is 30.3 Å². The zero-order chi connectivity index (χ0) is 15.7. The number of carboxylic acids is 1. The summed E-state index contributed by atoms with van der Waals surface area (Å²) in [4.78, 5) is 11.3. The highest BCUT2D eigenvalue weighted by Crippen LogP contribution is 2.40. The van der Waals surface area contributed by atoms with Crippen LogP contribution in [0.15, 0.2) is 41.3 Å². The highest BCUT2D eigenvalue weighted by molar-refractivity contribution is 8.00. The van der Waals surface area contributed by atoms with Gasteiger partial charge in [-0.25, -0.2) is 4.39 Å². The molecule has 0 amide bonds. The van der Waals surface area contributed by atoms with Gasteiger partial charge >= 0.3 is 5.97 Å². The van der Waals surface area contributed by atoms with Crippen LogP contribution < -0.4 is 0 Å². The molecule has 0 aliphatic carbocycles. The van der Waals surface area contributed by atoms with E-state index in [1.165, 1.54) is 17.6 Å². The normalized spacial score (nSPS) is 11.0. The number of benzene rings is 2. The first-order chi connectivity index (χ1) is 10.6. The summed E-state index contributed by atoms with van der Waals surface area (Å²) < 4.78 is 19.0. The second kappa shape index (κ2) is 6.24. The molecule has 3 nitrogen and oxygen atoms in total. The lowest BCUT2D eigenvalue weighted by Gasteiger charge is -2.04. The fraction of sp³-hybridized carbons (Fsp3) is 0.0667. The molecule has 2 aromatic carbocycles. The minimum Gasteiger partial charge on any atom is -0.481 e. The molecular weight excluding hydrogens is 345 g/mol. The summed E-state index contributed by atoms with van der Waals surface area (Å²) in [5.74, 6) is -1.31. The van der Waals surface area contributed by atoms with Gasteiger partial charge < -0.3 is 5.11 Å². The van der Waals surface area contributed by atoms with Crippen molar-refractivity contribution in [3.8, 4) is 11.3 Å². The van der Waals surface area contributed by atoms with Crippen LogP contribution in [0.2, 0.25) is 5.02 Å². The van der Waals surface area contributed by atoms with E-state index < -0.39 is 5.97 Å². The molecule has 0 spiro atoms. The monoisotopic (exact) mass is 353 g/mol. The van der Waals surface area contributed by atoms with Crippen molar-refractivity contribution in [1.29, 1.82) is 0 Å². The Labute approximate surface area is 138 Å². The Balaban J connectivity index is 2.08. The van der Waals surface area contributed by atoms with Crippen LogP contribution in [-0.2, 0) is 4.79 Å². The SMILES string of the molecule is O=C(O)CSc1ccc2c(-c3ccccc3F)nsc2c1Cl. The predicted octanol–water partition coefficient (Wildman–Crippen LogP) is 4.93. The van der Waals surface area contributed by atoms with Crippen molar-refractivity contribution < 1.29 is 14.3 Å². The van der Waals surface area contributed by atoms with Crippen LogP contribution in [0.1, 0.15) is 0 Å². The first kappa shape index (κ1) is 15.3. The topological polar surface area (TPSA) is 50.2 Å². The molecular formula is C15H9ClFNO2S2. The molecule has 0 fully saturated rings. The molecule has 3 rings (SSSR count). The average molecular weight is 354 g/mol. The van der Waals surface area contributed by atoms with E-state index in [0.29, 0.717) is 21.2 Å². The maximum absolute atomic E-state index is 13.9. The minimum absolute atomic E-state index is 0.0653. The van der Waals surface area contributed by atoms with Gasteiger partial charge in [0.2, 0.25) is 0 Å². The number of carbonyl (C=O) groups is 1. The van der Waals surface area contributed by atoms with Crippen LogP contribution in [0.4, 0.5) is 4.39 Å². The van der Waals surface area contributed by atoms with Crippen molar-refractivity contribution in [2.45, 2.75) is 4.90 Å². The van der Waals surface area contributed by atoms with Crippen LogP contribution >= 0.6 is 34.9 Å². The second-order valence-corrected chi connectivity index (χ2v) is 6.62. The Kier molecular flexibility index (Phi) is 4.33. The molecule has 7 heteroatoms. The van der Waals surface area contributed by atoms with E-state index in [4.69, 9.17) is 16.7 Å². The quantitative estimate of drug-likeness (QED) is 0.675. The molecule has 0 bridgehead atoms. The van der Waals surface area contributed by atoms with Crippen LogP contribution in [-0.4, -0.2) is 21.2 Å². The average Bonchev–Trinajstić information content (AvgIpc) is 2.91. The lowest BCUT2D eigenvalue weighted by atomic mass is 10.1. The number of hydrogen-bond donors (Lipinski definition) is 1. The molecule has 0 saturated heterocycles. The number of aromatic nitrogens is 1. The lowest BCUT2D eigenvalue weighted by Crippen LogP contribution is -1.97. The molecule has 0 radical (unpaired) electrons. The van der Waals surface area contributed by atoms with Crippen LogP contribution in [0.3, 0.4) is 0 Å². The van der Waals surface area contributed by atoms with E-state index in [9.17, 15) is 9.18 Å². The number of rotatable bonds is 4. The Bertz CT molecular complexity index is 866. The Hall–Kier alpha value is -1.63. The lowest BCUT2D eigenvalue weighted by molar-refractivity contribution is -0.133. The molecule has 0 saturated carbocycles. The van der Waals surface area contributed by atoms with E-state index in [0.717, 1.165) is 21.8 Å². The van der Waals surface area contributed by atoms with Crippen molar-refractivity contribution in [2.24, 2.45) is 0 Å². The number of halogens is 2. The molecule has 112 valence electrons. The summed E-state index contributed by atoms with van der Waals surface area (Å²) in [6, 6.07) is 9.99. The van der Waals surface area contributed by atoms with Gasteiger partial charge in [0, 0.05) is 15.8 Å². The van der Waals surface area contributed by atoms with Crippen molar-refractivity contribution in [2.75, 3.05) is 5.75 Å². The third-order valence-corrected chi connectivity index (χ3v) is 5.56. The Morgan fingerprint density at radius 2 is 2.09 bits per heavy atom. The van der Waals surface area contributed by atoms with Gasteiger partial charge in [-0.3, -0.25) is 4.79 Å². The van der Waals surface area contributed by atoms with Crippen molar-refractivity contribution >= 4 is 51.0 Å². The van der Waals surface area contributed by atoms with Gasteiger partial charge in [0.1, 0.15) is 5.82 Å². The van der Waals surface area contributed by atoms with Crippen LogP contribution in [0.25, 0.3) is 21.3 Å². The number of thioether (sulfide) groups is 1. The van der Waals surface area contributed by atoms with Crippen molar-refractivity contribution in [3.05, 3.63) is 47.2 Å². The summed E-state index contributed by atoms with van der Waals surface area (Å²) in [6.45, 7) is 0. The highest BCUT2D eigenvalue weighted by atomic mass is 35.5. The van der Waals surface area contributed by atoms with Crippen molar-refractivity contribution in [3.63, 3.8) is 0 Å². The van der Waals surface area contributed by atoms with Gasteiger partial charge in [-0.15, -0.1) is 11.8 Å². The third-order valence-electron chi connectivity index (χ3n) is 3.03. The molecule has 0 unspecified atom stereocenters. The standard InChI is InChI=1S/C15H9ClFNO2S2/c16-13-11(21-7-12(19)20)6-5-9-14(18-22-15(9)13)8-3-1-2-4-10(8)17/h1-6H,7H2,(H,19,20). The fourth-order valence-corrected chi connectivity index (χ4v) is 4.05. The smallest absolute Gasteiger partial charge is 0.313 e. The molecule has 22 heavy (non-hydrogen) atoms. The van der Waals surface area contributed by atoms with E-state index in [-0.39, 0.29) is 11.6 Å². The zero-order valence-corrected chi connectivity index (χ0v) is 13.4. The van der Waals surface area contributed by atoms with Crippen molar-refractivity contribution in [1.82, 2.24) is 4.37 Å². The summed E-state index contributed by atoms with van der Waals surface area (Å²) in [5.41, 5.74) is 0.977. The number of hydrogen-bond acceptors (Lipinski definition) is 4. The van der Waals surface area contributed by atoms with Crippen LogP contribution in [0.5, 0.6) is 0 Å². The number of carboxylic acid groups (broad SMARTS) is 1. The molecule has 1 N–H and O–H groups in total. The highest BCUT2D eigenvalue weighted by Gasteiger charge is 2.16. The number of nitrogens with zero attached hydrogens (tertiary/aromatic N) is 1. The van der Waals surface area contributed by atoms with Gasteiger partial charge in [0.05, 0.1) is 21.2 Å². The predicted molar refractivity (Wildman–Crippen MR) is 88.4 cm³/mol. The van der Waals surface area contributed by atoms with Gasteiger partial charge in [-0.1, -0.05) is 29.8 Å².